The highest BCUT2D eigenvalue weighted by atomic mass is 79.9. The summed E-state index contributed by atoms with van der Waals surface area (Å²) in [5, 5.41) is 0. The van der Waals surface area contributed by atoms with Gasteiger partial charge in [0.1, 0.15) is 0 Å². The molecule has 0 saturated carbocycles. The van der Waals surface area contributed by atoms with E-state index < -0.39 is 0 Å². The smallest absolute Gasteiger partial charge is 0.0703 e. The molecule has 1 aliphatic heterocycles. The van der Waals surface area contributed by atoms with Crippen LogP contribution >= 0.6 is 15.9 Å². The highest BCUT2D eigenvalue weighted by Gasteiger charge is 2.28. The van der Waals surface area contributed by atoms with Crippen molar-refractivity contribution in [3.8, 4) is 0 Å². The van der Waals surface area contributed by atoms with E-state index in [0.717, 1.165) is 30.6 Å². The largest absolute Gasteiger partial charge is 0.377 e. The van der Waals surface area contributed by atoms with Gasteiger partial charge in [0.05, 0.1) is 6.10 Å². The summed E-state index contributed by atoms with van der Waals surface area (Å²) >= 11 is 3.51. The van der Waals surface area contributed by atoms with Gasteiger partial charge in [-0.15, -0.1) is 0 Å². The van der Waals surface area contributed by atoms with Gasteiger partial charge in [0, 0.05) is 29.7 Å². The number of benzene rings is 1. The fourth-order valence-electron chi connectivity index (χ4n) is 3.10. The van der Waals surface area contributed by atoms with Gasteiger partial charge in [-0.1, -0.05) is 41.9 Å². The van der Waals surface area contributed by atoms with Gasteiger partial charge in [0.2, 0.25) is 0 Å². The van der Waals surface area contributed by atoms with Crippen molar-refractivity contribution in [2.75, 3.05) is 19.7 Å². The number of hydrogen-bond donors (Lipinski definition) is 1. The van der Waals surface area contributed by atoms with Crippen LogP contribution in [-0.4, -0.2) is 36.7 Å². The molecular weight excluding hydrogens is 328 g/mol. The van der Waals surface area contributed by atoms with Gasteiger partial charge in [-0.25, -0.2) is 0 Å². The first kappa shape index (κ1) is 16.9. The van der Waals surface area contributed by atoms with Gasteiger partial charge in [0.15, 0.2) is 0 Å². The molecule has 1 heterocycles. The second-order valence-electron chi connectivity index (χ2n) is 5.79. The van der Waals surface area contributed by atoms with Gasteiger partial charge in [0.25, 0.3) is 0 Å². The first-order valence-electron chi connectivity index (χ1n) is 8.02. The van der Waals surface area contributed by atoms with E-state index in [4.69, 9.17) is 10.5 Å². The van der Waals surface area contributed by atoms with Crippen LogP contribution in [-0.2, 0) is 4.74 Å². The molecule has 1 fully saturated rings. The number of nitrogens with zero attached hydrogens (tertiary/aromatic N) is 1. The molecule has 1 aromatic carbocycles. The van der Waals surface area contributed by atoms with Gasteiger partial charge >= 0.3 is 0 Å². The van der Waals surface area contributed by atoms with E-state index in [0.29, 0.717) is 6.10 Å². The molecule has 0 spiro atoms. The second kappa shape index (κ2) is 8.28. The Morgan fingerprint density at radius 1 is 1.33 bits per heavy atom. The van der Waals surface area contributed by atoms with Crippen molar-refractivity contribution in [1.82, 2.24) is 4.90 Å². The molecule has 1 aromatic rings. The summed E-state index contributed by atoms with van der Waals surface area (Å²) in [4.78, 5) is 2.48. The summed E-state index contributed by atoms with van der Waals surface area (Å²) in [6, 6.07) is 8.98. The normalized spacial score (nSPS) is 21.7. The van der Waals surface area contributed by atoms with Gasteiger partial charge in [-0.05, 0) is 43.5 Å². The SMILES string of the molecule is CCC(N)C(c1ccc(Br)cc1)N(CC)CC1CCCO1. The predicted octanol–water partition coefficient (Wildman–Crippen LogP) is 3.73. The highest BCUT2D eigenvalue weighted by molar-refractivity contribution is 9.10. The third kappa shape index (κ3) is 4.52. The summed E-state index contributed by atoms with van der Waals surface area (Å²) in [7, 11) is 0. The molecule has 0 bridgehead atoms. The highest BCUT2D eigenvalue weighted by Crippen LogP contribution is 2.28. The lowest BCUT2D eigenvalue weighted by molar-refractivity contribution is 0.0531. The number of hydrogen-bond acceptors (Lipinski definition) is 3. The average molecular weight is 355 g/mol. The molecule has 0 amide bonds. The monoisotopic (exact) mass is 354 g/mol. The third-order valence-electron chi connectivity index (χ3n) is 4.35. The molecule has 2 rings (SSSR count). The van der Waals surface area contributed by atoms with Gasteiger partial charge in [-0.3, -0.25) is 4.90 Å². The van der Waals surface area contributed by atoms with Crippen molar-refractivity contribution in [2.24, 2.45) is 5.73 Å². The van der Waals surface area contributed by atoms with Crippen LogP contribution in [0.1, 0.15) is 44.7 Å². The molecule has 1 aliphatic rings. The van der Waals surface area contributed by atoms with E-state index >= 15 is 0 Å². The molecule has 2 N–H and O–H groups in total. The van der Waals surface area contributed by atoms with Crippen molar-refractivity contribution in [2.45, 2.75) is 51.3 Å². The van der Waals surface area contributed by atoms with Crippen LogP contribution in [0.5, 0.6) is 0 Å². The molecule has 0 aromatic heterocycles. The Kier molecular flexibility index (Phi) is 6.68. The maximum absolute atomic E-state index is 6.44. The number of rotatable bonds is 7. The molecule has 4 heteroatoms. The predicted molar refractivity (Wildman–Crippen MR) is 91.4 cm³/mol. The standard InChI is InChI=1S/C17H27BrN2O/c1-3-16(19)17(13-7-9-14(18)10-8-13)20(4-2)12-15-6-5-11-21-15/h7-10,15-17H,3-6,11-12,19H2,1-2H3. The van der Waals surface area contributed by atoms with Crippen molar-refractivity contribution < 1.29 is 4.74 Å². The van der Waals surface area contributed by atoms with E-state index in [1.54, 1.807) is 0 Å². The molecule has 118 valence electrons. The lowest BCUT2D eigenvalue weighted by Gasteiger charge is -2.36. The zero-order valence-corrected chi connectivity index (χ0v) is 14.7. The zero-order valence-electron chi connectivity index (χ0n) is 13.1. The molecule has 21 heavy (non-hydrogen) atoms. The van der Waals surface area contributed by atoms with Crippen LogP contribution in [0.15, 0.2) is 28.7 Å². The lowest BCUT2D eigenvalue weighted by atomic mass is 9.96. The van der Waals surface area contributed by atoms with Crippen molar-refractivity contribution in [3.63, 3.8) is 0 Å². The first-order valence-corrected chi connectivity index (χ1v) is 8.81. The van der Waals surface area contributed by atoms with E-state index in [-0.39, 0.29) is 12.1 Å². The quantitative estimate of drug-likeness (QED) is 0.810. The Hall–Kier alpha value is -0.420. The summed E-state index contributed by atoms with van der Waals surface area (Å²) in [6.45, 7) is 7.25. The van der Waals surface area contributed by atoms with Crippen LogP contribution in [0.2, 0.25) is 0 Å². The first-order chi connectivity index (χ1) is 10.2. The zero-order chi connectivity index (χ0) is 15.2. The van der Waals surface area contributed by atoms with Crippen LogP contribution in [0.4, 0.5) is 0 Å². The van der Waals surface area contributed by atoms with Crippen molar-refractivity contribution >= 4 is 15.9 Å². The summed E-state index contributed by atoms with van der Waals surface area (Å²) in [5.41, 5.74) is 7.74. The fourth-order valence-corrected chi connectivity index (χ4v) is 3.37. The number of halogens is 1. The summed E-state index contributed by atoms with van der Waals surface area (Å²) < 4.78 is 6.92. The van der Waals surface area contributed by atoms with Gasteiger partial charge in [-0.2, -0.15) is 0 Å². The van der Waals surface area contributed by atoms with Crippen LogP contribution in [0.3, 0.4) is 0 Å². The fraction of sp³-hybridized carbons (Fsp3) is 0.647. The van der Waals surface area contributed by atoms with E-state index in [1.165, 1.54) is 18.4 Å². The lowest BCUT2D eigenvalue weighted by Crippen LogP contribution is -2.44. The Labute approximate surface area is 137 Å². The van der Waals surface area contributed by atoms with Gasteiger partial charge < -0.3 is 10.5 Å². The second-order valence-corrected chi connectivity index (χ2v) is 6.71. The molecule has 1 saturated heterocycles. The van der Waals surface area contributed by atoms with E-state index in [9.17, 15) is 0 Å². The van der Waals surface area contributed by atoms with Crippen LogP contribution < -0.4 is 5.73 Å². The number of likely N-dealkylation sites (N-methyl/N-ethyl adjacent to an activating group) is 1. The third-order valence-corrected chi connectivity index (χ3v) is 4.88. The van der Waals surface area contributed by atoms with Crippen LogP contribution in [0.25, 0.3) is 0 Å². The molecule has 3 atom stereocenters. The Morgan fingerprint density at radius 3 is 2.57 bits per heavy atom. The minimum atomic E-state index is 0.146. The molecular formula is C17H27BrN2O. The molecule has 0 aliphatic carbocycles. The van der Waals surface area contributed by atoms with Crippen LogP contribution in [0, 0.1) is 0 Å². The number of ether oxygens (including phenoxy) is 1. The van der Waals surface area contributed by atoms with E-state index in [1.807, 2.05) is 0 Å². The Morgan fingerprint density at radius 2 is 2.05 bits per heavy atom. The maximum Gasteiger partial charge on any atom is 0.0703 e. The van der Waals surface area contributed by atoms with E-state index in [2.05, 4.69) is 58.9 Å². The molecule has 3 nitrogen and oxygen atoms in total. The summed E-state index contributed by atoms with van der Waals surface area (Å²) in [5.74, 6) is 0. The minimum absolute atomic E-state index is 0.146. The minimum Gasteiger partial charge on any atom is -0.377 e. The Bertz CT molecular complexity index is 417. The Balaban J connectivity index is 2.17. The summed E-state index contributed by atoms with van der Waals surface area (Å²) in [6.07, 6.45) is 3.70. The molecule has 3 unspecified atom stereocenters. The molecule has 0 radical (unpaired) electrons. The maximum atomic E-state index is 6.44. The van der Waals surface area contributed by atoms with Crippen molar-refractivity contribution in [1.29, 1.82) is 0 Å². The number of nitrogens with two attached hydrogens (primary N) is 1. The van der Waals surface area contributed by atoms with Crippen molar-refractivity contribution in [3.05, 3.63) is 34.3 Å². The average Bonchev–Trinajstić information content (AvgIpc) is 3.01. The topological polar surface area (TPSA) is 38.5 Å².